The highest BCUT2D eigenvalue weighted by atomic mass is 19.1. The lowest BCUT2D eigenvalue weighted by Gasteiger charge is -2.32. The van der Waals surface area contributed by atoms with Crippen LogP contribution >= 0.6 is 0 Å². The molecule has 2 atom stereocenters. The average molecular weight is 516 g/mol. The third kappa shape index (κ3) is 5.60. The fourth-order valence-electron chi connectivity index (χ4n) is 4.53. The smallest absolute Gasteiger partial charge is 0.253 e. The van der Waals surface area contributed by atoms with E-state index < -0.39 is 17.7 Å². The summed E-state index contributed by atoms with van der Waals surface area (Å²) in [6.07, 6.45) is -0.0378. The monoisotopic (exact) mass is 515 g/mol. The van der Waals surface area contributed by atoms with Crippen LogP contribution in [-0.2, 0) is 4.74 Å². The Hall–Kier alpha value is -3.50. The molecule has 37 heavy (non-hydrogen) atoms. The number of carbonyl (C=O) groups is 1. The first-order chi connectivity index (χ1) is 17.6. The normalized spacial score (nSPS) is 16.6. The maximum Gasteiger partial charge on any atom is 0.253 e. The Morgan fingerprint density at radius 2 is 1.86 bits per heavy atom. The molecule has 1 aliphatic heterocycles. The number of aliphatic hydroxyl groups excluding tert-OH is 1. The number of amides is 1. The number of benzene rings is 2. The van der Waals surface area contributed by atoms with Crippen molar-refractivity contribution in [2.45, 2.75) is 26.0 Å². The van der Waals surface area contributed by atoms with Gasteiger partial charge >= 0.3 is 0 Å². The van der Waals surface area contributed by atoms with Crippen molar-refractivity contribution in [1.29, 1.82) is 0 Å². The molecule has 0 bridgehead atoms. The molecule has 0 spiro atoms. The van der Waals surface area contributed by atoms with Gasteiger partial charge in [0.2, 0.25) is 0 Å². The third-order valence-electron chi connectivity index (χ3n) is 6.71. The van der Waals surface area contributed by atoms with Gasteiger partial charge in [0.05, 0.1) is 30.7 Å². The van der Waals surface area contributed by atoms with Crippen LogP contribution in [0.25, 0.3) is 11.0 Å². The number of anilines is 2. The second kappa shape index (κ2) is 10.9. The van der Waals surface area contributed by atoms with Crippen molar-refractivity contribution in [3.05, 3.63) is 69.4 Å². The molecule has 1 N–H and O–H groups in total. The molecule has 1 aliphatic rings. The van der Waals surface area contributed by atoms with E-state index in [0.717, 1.165) is 6.07 Å². The van der Waals surface area contributed by atoms with E-state index in [0.29, 0.717) is 36.7 Å². The summed E-state index contributed by atoms with van der Waals surface area (Å²) < 4.78 is 39.8. The summed E-state index contributed by atoms with van der Waals surface area (Å²) in [6, 6.07) is 7.20. The van der Waals surface area contributed by atoms with Gasteiger partial charge in [-0.3, -0.25) is 9.59 Å². The van der Waals surface area contributed by atoms with Gasteiger partial charge in [0.15, 0.2) is 11.3 Å². The molecule has 2 aromatic carbocycles. The van der Waals surface area contributed by atoms with E-state index >= 15 is 0 Å². The number of morpholine rings is 1. The quantitative estimate of drug-likeness (QED) is 0.515. The molecule has 1 amide bonds. The van der Waals surface area contributed by atoms with Crippen LogP contribution in [-0.4, -0.2) is 69.0 Å². The highest BCUT2D eigenvalue weighted by Gasteiger charge is 2.25. The third-order valence-corrected chi connectivity index (χ3v) is 6.71. The van der Waals surface area contributed by atoms with Crippen LogP contribution < -0.4 is 15.2 Å². The van der Waals surface area contributed by atoms with Gasteiger partial charge < -0.3 is 29.0 Å². The number of hydrogen-bond acceptors (Lipinski definition) is 7. The Kier molecular flexibility index (Phi) is 7.79. The first-order valence-electron chi connectivity index (χ1n) is 12.1. The number of ether oxygens (including phenoxy) is 1. The van der Waals surface area contributed by atoms with Crippen molar-refractivity contribution in [3.8, 4) is 0 Å². The zero-order valence-corrected chi connectivity index (χ0v) is 21.3. The Bertz CT molecular complexity index is 1340. The van der Waals surface area contributed by atoms with Crippen molar-refractivity contribution in [2.75, 3.05) is 56.7 Å². The molecule has 1 aromatic heterocycles. The molecule has 0 aliphatic carbocycles. The van der Waals surface area contributed by atoms with E-state index in [1.165, 1.54) is 29.2 Å². The highest BCUT2D eigenvalue weighted by Crippen LogP contribution is 2.34. The van der Waals surface area contributed by atoms with E-state index in [1.807, 2.05) is 11.8 Å². The summed E-state index contributed by atoms with van der Waals surface area (Å²) >= 11 is 0. The van der Waals surface area contributed by atoms with Crippen molar-refractivity contribution >= 4 is 28.4 Å². The average Bonchev–Trinajstić information content (AvgIpc) is 2.86. The maximum atomic E-state index is 14.0. The van der Waals surface area contributed by atoms with Crippen LogP contribution in [0.1, 0.15) is 35.8 Å². The SMILES string of the molecule is C[C@@H]1CN(c2cc(=O)c3cc(C(=O)N(C)CCO)cc([C@@H](C)N(C)c4cc(F)cc(F)c4)c3o2)CCO1. The zero-order valence-electron chi connectivity index (χ0n) is 21.3. The maximum absolute atomic E-state index is 14.0. The predicted octanol–water partition coefficient (Wildman–Crippen LogP) is 3.56. The van der Waals surface area contributed by atoms with Gasteiger partial charge in [-0.1, -0.05) is 0 Å². The fraction of sp³-hybridized carbons (Fsp3) is 0.407. The summed E-state index contributed by atoms with van der Waals surface area (Å²) in [6.45, 7) is 5.23. The minimum absolute atomic E-state index is 0.0378. The number of hydrogen-bond donors (Lipinski definition) is 1. The summed E-state index contributed by atoms with van der Waals surface area (Å²) in [4.78, 5) is 31.3. The lowest BCUT2D eigenvalue weighted by atomic mass is 9.99. The van der Waals surface area contributed by atoms with Crippen molar-refractivity contribution in [2.24, 2.45) is 0 Å². The van der Waals surface area contributed by atoms with Crippen LogP contribution in [0.5, 0.6) is 0 Å². The van der Waals surface area contributed by atoms with Crippen molar-refractivity contribution < 1.29 is 27.8 Å². The summed E-state index contributed by atoms with van der Waals surface area (Å²) in [7, 11) is 3.22. The van der Waals surface area contributed by atoms with E-state index in [9.17, 15) is 23.5 Å². The zero-order chi connectivity index (χ0) is 26.9. The van der Waals surface area contributed by atoms with Gasteiger partial charge in [0.25, 0.3) is 5.91 Å². The van der Waals surface area contributed by atoms with Gasteiger partial charge in [0.1, 0.15) is 17.2 Å². The summed E-state index contributed by atoms with van der Waals surface area (Å²) in [5.74, 6) is -1.43. The second-order valence-electron chi connectivity index (χ2n) is 9.38. The number of nitrogens with zero attached hydrogens (tertiary/aromatic N) is 3. The summed E-state index contributed by atoms with van der Waals surface area (Å²) in [5, 5.41) is 9.48. The Morgan fingerprint density at radius 3 is 2.51 bits per heavy atom. The number of aliphatic hydroxyl groups is 1. The molecule has 3 aromatic rings. The van der Waals surface area contributed by atoms with E-state index in [1.54, 1.807) is 32.0 Å². The van der Waals surface area contributed by atoms with Crippen LogP contribution in [0.2, 0.25) is 0 Å². The Balaban J connectivity index is 1.88. The molecule has 0 unspecified atom stereocenters. The van der Waals surface area contributed by atoms with Crippen LogP contribution in [0.15, 0.2) is 45.6 Å². The van der Waals surface area contributed by atoms with E-state index in [4.69, 9.17) is 9.15 Å². The molecule has 1 saturated heterocycles. The Labute approximate surface area is 213 Å². The van der Waals surface area contributed by atoms with Crippen molar-refractivity contribution in [1.82, 2.24) is 4.90 Å². The minimum atomic E-state index is -0.719. The first kappa shape index (κ1) is 26.6. The largest absolute Gasteiger partial charge is 0.440 e. The van der Waals surface area contributed by atoms with Gasteiger partial charge in [-0.2, -0.15) is 0 Å². The number of rotatable bonds is 7. The van der Waals surface area contributed by atoms with Gasteiger partial charge in [-0.05, 0) is 38.1 Å². The van der Waals surface area contributed by atoms with Crippen LogP contribution in [0, 0.1) is 11.6 Å². The topological polar surface area (TPSA) is 86.5 Å². The number of halogens is 2. The fourth-order valence-corrected chi connectivity index (χ4v) is 4.53. The lowest BCUT2D eigenvalue weighted by Crippen LogP contribution is -2.41. The predicted molar refractivity (Wildman–Crippen MR) is 137 cm³/mol. The Morgan fingerprint density at radius 1 is 1.16 bits per heavy atom. The molecule has 10 heteroatoms. The van der Waals surface area contributed by atoms with Crippen LogP contribution in [0.3, 0.4) is 0 Å². The lowest BCUT2D eigenvalue weighted by molar-refractivity contribution is 0.0517. The van der Waals surface area contributed by atoms with E-state index in [2.05, 4.69) is 0 Å². The molecule has 0 saturated carbocycles. The van der Waals surface area contributed by atoms with Crippen molar-refractivity contribution in [3.63, 3.8) is 0 Å². The standard InChI is InChI=1S/C27H31F2N3O5/c1-16-15-32(6-8-36-16)25-14-24(34)23-10-18(27(35)30(3)5-7-33)9-22(26(23)37-25)17(2)31(4)21-12-19(28)11-20(29)13-21/h9-14,16-17,33H,5-8,15H2,1-4H3/t16-,17-/m1/s1. The van der Waals surface area contributed by atoms with E-state index in [-0.39, 0.29) is 47.2 Å². The molecular weight excluding hydrogens is 484 g/mol. The van der Waals surface area contributed by atoms with Gasteiger partial charge in [-0.15, -0.1) is 0 Å². The molecule has 2 heterocycles. The summed E-state index contributed by atoms with van der Waals surface area (Å²) in [5.41, 5.74) is 1.00. The first-order valence-corrected chi connectivity index (χ1v) is 12.1. The van der Waals surface area contributed by atoms with Gasteiger partial charge in [-0.25, -0.2) is 8.78 Å². The van der Waals surface area contributed by atoms with Gasteiger partial charge in [0, 0.05) is 62.7 Å². The minimum Gasteiger partial charge on any atom is -0.440 e. The molecular formula is C27H31F2N3O5. The number of carbonyl (C=O) groups excluding carboxylic acids is 1. The molecule has 4 rings (SSSR count). The van der Waals surface area contributed by atoms with Crippen LogP contribution in [0.4, 0.5) is 20.4 Å². The molecule has 1 fully saturated rings. The molecule has 8 nitrogen and oxygen atoms in total. The highest BCUT2D eigenvalue weighted by molar-refractivity contribution is 5.98. The molecule has 0 radical (unpaired) electrons. The number of likely N-dealkylation sites (N-methyl/N-ethyl adjacent to an activating group) is 1. The number of fused-ring (bicyclic) bond motifs is 1. The second-order valence-corrected chi connectivity index (χ2v) is 9.38. The molecule has 198 valence electrons.